The lowest BCUT2D eigenvalue weighted by Gasteiger charge is -2.19. The number of aryl methyl sites for hydroxylation is 1. The van der Waals surface area contributed by atoms with Gasteiger partial charge in [0.15, 0.2) is 0 Å². The van der Waals surface area contributed by atoms with Crippen LogP contribution in [0.4, 0.5) is 0 Å². The van der Waals surface area contributed by atoms with Gasteiger partial charge in [-0.05, 0) is 36.6 Å². The Morgan fingerprint density at radius 1 is 1.07 bits per heavy atom. The van der Waals surface area contributed by atoms with E-state index in [-0.39, 0.29) is 24.3 Å². The molecule has 0 radical (unpaired) electrons. The zero-order chi connectivity index (χ0) is 21.4. The molecule has 7 nitrogen and oxygen atoms in total. The second-order valence-corrected chi connectivity index (χ2v) is 9.05. The first-order chi connectivity index (χ1) is 13.7. The van der Waals surface area contributed by atoms with Crippen molar-refractivity contribution in [3.63, 3.8) is 0 Å². The molecular weight excluding hydrogens is 392 g/mol. The van der Waals surface area contributed by atoms with Gasteiger partial charge < -0.3 is 15.4 Å². The molecule has 0 aliphatic heterocycles. The smallest absolute Gasteiger partial charge is 0.255 e. The Hall–Kier alpha value is -2.87. The minimum absolute atomic E-state index is 0.0284. The Morgan fingerprint density at radius 2 is 1.72 bits per heavy atom. The lowest BCUT2D eigenvalue weighted by Crippen LogP contribution is -2.47. The molecule has 2 amide bonds. The van der Waals surface area contributed by atoms with Gasteiger partial charge in [-0.3, -0.25) is 9.59 Å². The molecule has 0 heterocycles. The quantitative estimate of drug-likeness (QED) is 0.647. The van der Waals surface area contributed by atoms with Crippen molar-refractivity contribution < 1.29 is 22.7 Å². The van der Waals surface area contributed by atoms with E-state index in [1.807, 2.05) is 31.2 Å². The molecule has 29 heavy (non-hydrogen) atoms. The van der Waals surface area contributed by atoms with Gasteiger partial charge in [0.1, 0.15) is 21.6 Å². The lowest BCUT2D eigenvalue weighted by molar-refractivity contribution is -0.123. The number of ether oxygens (including phenoxy) is 1. The fourth-order valence-corrected chi connectivity index (χ4v) is 3.45. The van der Waals surface area contributed by atoms with Crippen molar-refractivity contribution in [3.8, 4) is 5.75 Å². The van der Waals surface area contributed by atoms with E-state index in [1.54, 1.807) is 24.3 Å². The number of hydrogen-bond acceptors (Lipinski definition) is 5. The number of methoxy groups -OCH3 is 1. The van der Waals surface area contributed by atoms with Crippen LogP contribution in [0.15, 0.2) is 48.5 Å². The molecule has 2 aromatic rings. The molecule has 8 heteroatoms. The molecule has 0 aliphatic carbocycles. The van der Waals surface area contributed by atoms with Crippen LogP contribution in [0.3, 0.4) is 0 Å². The Balaban J connectivity index is 2.14. The first kappa shape index (κ1) is 22.4. The summed E-state index contributed by atoms with van der Waals surface area (Å²) >= 11 is 0. The summed E-state index contributed by atoms with van der Waals surface area (Å²) in [7, 11) is -1.85. The average molecular weight is 419 g/mol. The molecule has 0 saturated carbocycles. The van der Waals surface area contributed by atoms with Crippen molar-refractivity contribution in [1.29, 1.82) is 0 Å². The molecule has 0 unspecified atom stereocenters. The van der Waals surface area contributed by atoms with Crippen molar-refractivity contribution in [2.45, 2.75) is 25.9 Å². The fraction of sp³-hybridized carbons (Fsp3) is 0.333. The maximum Gasteiger partial charge on any atom is 0.255 e. The molecule has 0 aliphatic rings. The summed E-state index contributed by atoms with van der Waals surface area (Å²) in [5, 5.41) is 5.42. The summed E-state index contributed by atoms with van der Waals surface area (Å²) in [5.41, 5.74) is 2.24. The Kier molecular flexibility index (Phi) is 7.78. The number of sulfone groups is 1. The van der Waals surface area contributed by atoms with Crippen LogP contribution in [0, 0.1) is 6.92 Å². The summed E-state index contributed by atoms with van der Waals surface area (Å²) in [6.07, 6.45) is 1.07. The summed E-state index contributed by atoms with van der Waals surface area (Å²) in [6, 6.07) is 13.2. The number of hydrogen-bond donors (Lipinski definition) is 2. The van der Waals surface area contributed by atoms with Crippen LogP contribution in [-0.2, 0) is 21.2 Å². The largest absolute Gasteiger partial charge is 0.496 e. The van der Waals surface area contributed by atoms with Crippen molar-refractivity contribution in [3.05, 3.63) is 65.2 Å². The molecular formula is C21H26N2O5S. The minimum Gasteiger partial charge on any atom is -0.496 e. The molecule has 0 spiro atoms. The van der Waals surface area contributed by atoms with E-state index < -0.39 is 27.7 Å². The normalized spacial score (nSPS) is 12.1. The van der Waals surface area contributed by atoms with Gasteiger partial charge in [0.05, 0.1) is 18.4 Å². The molecule has 2 N–H and O–H groups in total. The maximum atomic E-state index is 12.7. The van der Waals surface area contributed by atoms with Gasteiger partial charge in [0.25, 0.3) is 5.91 Å². The van der Waals surface area contributed by atoms with Crippen LogP contribution >= 0.6 is 0 Å². The van der Waals surface area contributed by atoms with Gasteiger partial charge in [-0.2, -0.15) is 0 Å². The lowest BCUT2D eigenvalue weighted by atomic mass is 10.1. The number of para-hydroxylation sites is 1. The molecule has 2 aromatic carbocycles. The van der Waals surface area contributed by atoms with Crippen LogP contribution in [0.2, 0.25) is 0 Å². The van der Waals surface area contributed by atoms with Crippen LogP contribution < -0.4 is 15.4 Å². The van der Waals surface area contributed by atoms with Crippen molar-refractivity contribution >= 4 is 21.7 Å². The second-order valence-electron chi connectivity index (χ2n) is 6.79. The maximum absolute atomic E-state index is 12.7. The van der Waals surface area contributed by atoms with Crippen LogP contribution in [0.25, 0.3) is 0 Å². The van der Waals surface area contributed by atoms with E-state index in [2.05, 4.69) is 10.6 Å². The summed E-state index contributed by atoms with van der Waals surface area (Å²) in [5.74, 6) is -0.805. The van der Waals surface area contributed by atoms with E-state index in [0.717, 1.165) is 17.4 Å². The highest BCUT2D eigenvalue weighted by Gasteiger charge is 2.24. The molecule has 156 valence electrons. The zero-order valence-corrected chi connectivity index (χ0v) is 17.6. The number of benzene rings is 2. The van der Waals surface area contributed by atoms with E-state index in [1.165, 1.54) is 7.11 Å². The summed E-state index contributed by atoms with van der Waals surface area (Å²) in [6.45, 7) is 2.22. The number of carbonyl (C=O) groups is 2. The highest BCUT2D eigenvalue weighted by atomic mass is 32.2. The zero-order valence-electron chi connectivity index (χ0n) is 16.8. The van der Waals surface area contributed by atoms with Crippen LogP contribution in [-0.4, -0.2) is 45.4 Å². The first-order valence-electron chi connectivity index (χ1n) is 9.15. The number of nitrogens with one attached hydrogen (secondary N) is 2. The van der Waals surface area contributed by atoms with Gasteiger partial charge in [-0.1, -0.05) is 36.4 Å². The Morgan fingerprint density at radius 3 is 2.38 bits per heavy atom. The molecule has 2 rings (SSSR count). The number of rotatable bonds is 9. The van der Waals surface area contributed by atoms with Gasteiger partial charge in [-0.15, -0.1) is 0 Å². The van der Waals surface area contributed by atoms with E-state index in [9.17, 15) is 18.0 Å². The third-order valence-electron chi connectivity index (χ3n) is 4.47. The summed E-state index contributed by atoms with van der Waals surface area (Å²) < 4.78 is 28.3. The molecule has 1 atom stereocenters. The fourth-order valence-electron chi connectivity index (χ4n) is 2.78. The highest BCUT2D eigenvalue weighted by Crippen LogP contribution is 2.17. The second kappa shape index (κ2) is 10.1. The number of carbonyl (C=O) groups excluding carboxylic acids is 2. The Labute approximate surface area is 171 Å². The van der Waals surface area contributed by atoms with Gasteiger partial charge in [0, 0.05) is 12.8 Å². The van der Waals surface area contributed by atoms with E-state index in [4.69, 9.17) is 4.74 Å². The van der Waals surface area contributed by atoms with Crippen molar-refractivity contribution in [1.82, 2.24) is 10.6 Å². The van der Waals surface area contributed by atoms with Crippen molar-refractivity contribution in [2.24, 2.45) is 0 Å². The van der Waals surface area contributed by atoms with Crippen molar-refractivity contribution in [2.75, 3.05) is 19.1 Å². The van der Waals surface area contributed by atoms with E-state index >= 15 is 0 Å². The van der Waals surface area contributed by atoms with Gasteiger partial charge in [0.2, 0.25) is 5.91 Å². The topological polar surface area (TPSA) is 102 Å². The SMILES string of the molecule is COc1ccccc1C(=O)N[C@@H](CCS(C)(=O)=O)C(=O)NCc1ccccc1C. The molecule has 0 bridgehead atoms. The van der Waals surface area contributed by atoms with Gasteiger partial charge >= 0.3 is 0 Å². The molecule has 0 fully saturated rings. The average Bonchev–Trinajstić information content (AvgIpc) is 2.69. The third-order valence-corrected chi connectivity index (χ3v) is 5.44. The highest BCUT2D eigenvalue weighted by molar-refractivity contribution is 7.90. The third kappa shape index (κ3) is 6.90. The minimum atomic E-state index is -3.30. The van der Waals surface area contributed by atoms with Crippen LogP contribution in [0.1, 0.15) is 27.9 Å². The number of amides is 2. The Bertz CT molecular complexity index is 973. The monoisotopic (exact) mass is 418 g/mol. The standard InChI is InChI=1S/C21H26N2O5S/c1-15-8-4-5-9-16(15)14-22-21(25)18(12-13-29(3,26)27)23-20(24)17-10-6-7-11-19(17)28-2/h4-11,18H,12-14H2,1-3H3,(H,22,25)(H,23,24)/t18-/m0/s1. The predicted molar refractivity (Wildman–Crippen MR) is 112 cm³/mol. The van der Waals surface area contributed by atoms with Crippen LogP contribution in [0.5, 0.6) is 5.75 Å². The van der Waals surface area contributed by atoms with E-state index in [0.29, 0.717) is 5.75 Å². The van der Waals surface area contributed by atoms with Gasteiger partial charge in [-0.25, -0.2) is 8.42 Å². The first-order valence-corrected chi connectivity index (χ1v) is 11.2. The predicted octanol–water partition coefficient (Wildman–Crippen LogP) is 1.85. The molecule has 0 saturated heterocycles. The molecule has 0 aromatic heterocycles. The summed E-state index contributed by atoms with van der Waals surface area (Å²) in [4.78, 5) is 25.4.